The molecular formula is C28H27ClN2O5S2. The minimum atomic E-state index is -3.75. The largest absolute Gasteiger partial charge is 0.487 e. The first-order valence-corrected chi connectivity index (χ1v) is 14.9. The van der Waals surface area contributed by atoms with Crippen LogP contribution in [0.4, 0.5) is 0 Å². The lowest BCUT2D eigenvalue weighted by Gasteiger charge is -2.19. The number of aromatic nitrogens is 1. The van der Waals surface area contributed by atoms with Crippen LogP contribution in [-0.2, 0) is 21.4 Å². The Balaban J connectivity index is 1.46. The van der Waals surface area contributed by atoms with Crippen molar-refractivity contribution in [3.05, 3.63) is 101 Å². The monoisotopic (exact) mass is 570 g/mol. The van der Waals surface area contributed by atoms with Crippen molar-refractivity contribution >= 4 is 50.3 Å². The normalized spacial score (nSPS) is 12.3. The van der Waals surface area contributed by atoms with Gasteiger partial charge in [-0.3, -0.25) is 4.79 Å². The van der Waals surface area contributed by atoms with Gasteiger partial charge in [-0.15, -0.1) is 0 Å². The van der Waals surface area contributed by atoms with Gasteiger partial charge in [0.15, 0.2) is 0 Å². The lowest BCUT2D eigenvalue weighted by atomic mass is 10.1. The highest BCUT2D eigenvalue weighted by atomic mass is 35.5. The van der Waals surface area contributed by atoms with Crippen molar-refractivity contribution in [3.8, 4) is 5.75 Å². The molecule has 7 nitrogen and oxygen atoms in total. The minimum absolute atomic E-state index is 0.0537. The number of hydrogen-bond acceptors (Lipinski definition) is 6. The number of carboxylic acids is 1. The average Bonchev–Trinajstić information content (AvgIpc) is 2.91. The van der Waals surface area contributed by atoms with E-state index in [9.17, 15) is 13.2 Å². The summed E-state index contributed by atoms with van der Waals surface area (Å²) in [6.45, 7) is 0.409. The maximum Gasteiger partial charge on any atom is 0.303 e. The lowest BCUT2D eigenvalue weighted by molar-refractivity contribution is -0.137. The van der Waals surface area contributed by atoms with Crippen LogP contribution in [0.15, 0.2) is 89.8 Å². The second-order valence-corrected chi connectivity index (χ2v) is 12.0. The van der Waals surface area contributed by atoms with E-state index in [0.717, 1.165) is 22.2 Å². The number of thioether (sulfide) groups is 1. The van der Waals surface area contributed by atoms with E-state index in [2.05, 4.69) is 9.71 Å². The predicted molar refractivity (Wildman–Crippen MR) is 151 cm³/mol. The number of fused-ring (bicyclic) bond motifs is 1. The highest BCUT2D eigenvalue weighted by Gasteiger charge is 2.19. The van der Waals surface area contributed by atoms with Gasteiger partial charge >= 0.3 is 5.97 Å². The van der Waals surface area contributed by atoms with E-state index in [1.165, 1.54) is 36.0 Å². The summed E-state index contributed by atoms with van der Waals surface area (Å²) in [5, 5.41) is 10.2. The fourth-order valence-electron chi connectivity index (χ4n) is 3.75. The Morgan fingerprint density at radius 1 is 1.03 bits per heavy atom. The molecule has 38 heavy (non-hydrogen) atoms. The van der Waals surface area contributed by atoms with Gasteiger partial charge in [0.2, 0.25) is 10.0 Å². The van der Waals surface area contributed by atoms with Gasteiger partial charge in [-0.1, -0.05) is 48.0 Å². The van der Waals surface area contributed by atoms with Crippen LogP contribution in [0.1, 0.15) is 29.3 Å². The summed E-state index contributed by atoms with van der Waals surface area (Å²) in [5.41, 5.74) is 2.56. The number of sulfonamides is 1. The molecule has 198 valence electrons. The molecule has 3 aromatic carbocycles. The van der Waals surface area contributed by atoms with E-state index in [0.29, 0.717) is 22.9 Å². The Bertz CT molecular complexity index is 1500. The summed E-state index contributed by atoms with van der Waals surface area (Å²) in [5.74, 6) is 0.337. The van der Waals surface area contributed by atoms with E-state index in [1.807, 2.05) is 60.7 Å². The Morgan fingerprint density at radius 2 is 1.82 bits per heavy atom. The third kappa shape index (κ3) is 7.94. The van der Waals surface area contributed by atoms with Crippen LogP contribution in [0.2, 0.25) is 5.02 Å². The van der Waals surface area contributed by atoms with Gasteiger partial charge < -0.3 is 9.84 Å². The highest BCUT2D eigenvalue weighted by molar-refractivity contribution is 7.99. The molecule has 0 saturated carbocycles. The van der Waals surface area contributed by atoms with Gasteiger partial charge in [-0.25, -0.2) is 18.1 Å². The smallest absolute Gasteiger partial charge is 0.303 e. The molecule has 0 bridgehead atoms. The van der Waals surface area contributed by atoms with Crippen LogP contribution in [0.3, 0.4) is 0 Å². The number of aliphatic carboxylic acids is 1. The third-order valence-electron chi connectivity index (χ3n) is 5.71. The van der Waals surface area contributed by atoms with E-state index >= 15 is 0 Å². The molecular weight excluding hydrogens is 544 g/mol. The summed E-state index contributed by atoms with van der Waals surface area (Å²) >= 11 is 7.39. The first-order chi connectivity index (χ1) is 18.3. The number of benzene rings is 3. The van der Waals surface area contributed by atoms with E-state index in [1.54, 1.807) is 0 Å². The van der Waals surface area contributed by atoms with Crippen molar-refractivity contribution in [1.82, 2.24) is 9.71 Å². The zero-order valence-corrected chi connectivity index (χ0v) is 22.8. The van der Waals surface area contributed by atoms with Gasteiger partial charge in [0.25, 0.3) is 0 Å². The molecule has 0 saturated heterocycles. The topological polar surface area (TPSA) is 106 Å². The molecule has 0 aliphatic rings. The summed E-state index contributed by atoms with van der Waals surface area (Å²) in [6.07, 6.45) is 0.530. The molecule has 0 aliphatic carbocycles. The highest BCUT2D eigenvalue weighted by Crippen LogP contribution is 2.32. The van der Waals surface area contributed by atoms with Gasteiger partial charge in [0.1, 0.15) is 12.4 Å². The van der Waals surface area contributed by atoms with Crippen molar-refractivity contribution in [1.29, 1.82) is 0 Å². The number of pyridine rings is 1. The van der Waals surface area contributed by atoms with Crippen molar-refractivity contribution in [3.63, 3.8) is 0 Å². The zero-order chi connectivity index (χ0) is 27.0. The summed E-state index contributed by atoms with van der Waals surface area (Å²) in [7, 11) is -3.75. The molecule has 2 N–H and O–H groups in total. The first-order valence-electron chi connectivity index (χ1n) is 12.0. The second-order valence-electron chi connectivity index (χ2n) is 8.52. The molecule has 1 aromatic heterocycles. The zero-order valence-electron chi connectivity index (χ0n) is 20.4. The number of hydrogen-bond donors (Lipinski definition) is 2. The van der Waals surface area contributed by atoms with Gasteiger partial charge in [-0.05, 0) is 66.3 Å². The number of halogens is 1. The molecule has 4 rings (SSSR count). The standard InChI is InChI=1S/C28H27ClN2O5S2/c29-22-11-14-25(15-12-22)38(34,35)30-18-27(37-16-4-9-28(32)33)21-6-3-7-24(17-21)36-19-23-13-10-20-5-1-2-8-26(20)31-23/h1-3,5-8,10-15,17,27,30H,4,9,16,18-19H2,(H,32,33). The molecule has 1 atom stereocenters. The molecule has 0 fully saturated rings. The molecule has 0 radical (unpaired) electrons. The van der Waals surface area contributed by atoms with E-state index in [-0.39, 0.29) is 29.7 Å². The Kier molecular flexibility index (Phi) is 9.63. The minimum Gasteiger partial charge on any atom is -0.487 e. The Labute approximate surface area is 231 Å². The molecule has 1 unspecified atom stereocenters. The van der Waals surface area contributed by atoms with Gasteiger partial charge in [0, 0.05) is 28.6 Å². The number of para-hydroxylation sites is 1. The molecule has 0 spiro atoms. The van der Waals surface area contributed by atoms with Crippen LogP contribution in [0.5, 0.6) is 5.75 Å². The average molecular weight is 571 g/mol. The van der Waals surface area contributed by atoms with Crippen molar-refractivity contribution in [2.75, 3.05) is 12.3 Å². The quantitative estimate of drug-likeness (QED) is 0.187. The maximum absolute atomic E-state index is 12.8. The number of nitrogens with one attached hydrogen (secondary N) is 1. The van der Waals surface area contributed by atoms with Crippen molar-refractivity contribution in [2.24, 2.45) is 0 Å². The van der Waals surface area contributed by atoms with E-state index < -0.39 is 16.0 Å². The maximum atomic E-state index is 12.8. The van der Waals surface area contributed by atoms with Crippen molar-refractivity contribution in [2.45, 2.75) is 29.6 Å². The van der Waals surface area contributed by atoms with Crippen LogP contribution in [0.25, 0.3) is 10.9 Å². The molecule has 1 heterocycles. The first kappa shape index (κ1) is 27.9. The van der Waals surface area contributed by atoms with E-state index in [4.69, 9.17) is 21.4 Å². The van der Waals surface area contributed by atoms with Crippen LogP contribution in [0, 0.1) is 0 Å². The summed E-state index contributed by atoms with van der Waals surface area (Å²) in [6, 6.07) is 25.3. The van der Waals surface area contributed by atoms with Gasteiger partial charge in [0.05, 0.1) is 16.1 Å². The number of rotatable bonds is 13. The number of ether oxygens (including phenoxy) is 1. The predicted octanol–water partition coefficient (Wildman–Crippen LogP) is 6.08. The number of nitrogens with zero attached hydrogens (tertiary/aromatic N) is 1. The SMILES string of the molecule is O=C(O)CCCSC(CNS(=O)(=O)c1ccc(Cl)cc1)c1cccc(OCc2ccc3ccccc3n2)c1. The number of carboxylic acid groups (broad SMARTS) is 1. The second kappa shape index (κ2) is 13.1. The fourth-order valence-corrected chi connectivity index (χ4v) is 6.17. The van der Waals surface area contributed by atoms with Crippen LogP contribution < -0.4 is 9.46 Å². The lowest BCUT2D eigenvalue weighted by Crippen LogP contribution is -2.28. The summed E-state index contributed by atoms with van der Waals surface area (Å²) < 4.78 is 34.4. The molecule has 10 heteroatoms. The Hall–Kier alpha value is -3.11. The fraction of sp³-hybridized carbons (Fsp3) is 0.214. The number of carbonyl (C=O) groups is 1. The molecule has 0 aliphatic heterocycles. The van der Waals surface area contributed by atoms with Crippen LogP contribution in [-0.4, -0.2) is 36.8 Å². The van der Waals surface area contributed by atoms with Crippen molar-refractivity contribution < 1.29 is 23.1 Å². The van der Waals surface area contributed by atoms with Crippen LogP contribution >= 0.6 is 23.4 Å². The summed E-state index contributed by atoms with van der Waals surface area (Å²) in [4.78, 5) is 15.7. The molecule has 4 aromatic rings. The third-order valence-corrected chi connectivity index (χ3v) is 8.77. The molecule has 0 amide bonds. The Morgan fingerprint density at radius 3 is 2.61 bits per heavy atom. The van der Waals surface area contributed by atoms with Gasteiger partial charge in [-0.2, -0.15) is 11.8 Å².